The number of rotatable bonds is 7. The molecule has 0 aromatic heterocycles. The van der Waals surface area contributed by atoms with Crippen molar-refractivity contribution in [2.75, 3.05) is 18.5 Å². The van der Waals surface area contributed by atoms with Crippen LogP contribution >= 0.6 is 23.4 Å². The number of hydrogen-bond acceptors (Lipinski definition) is 5. The average Bonchev–Trinajstić information content (AvgIpc) is 2.83. The summed E-state index contributed by atoms with van der Waals surface area (Å²) >= 11 is 8.13. The number of para-hydroxylation sites is 1. The maximum Gasteiger partial charge on any atom is 0.328 e. The molecule has 3 N–H and O–H groups in total. The van der Waals surface area contributed by atoms with Crippen molar-refractivity contribution in [1.82, 2.24) is 5.32 Å². The lowest BCUT2D eigenvalue weighted by molar-refractivity contribution is -0.134. The molecule has 1 aliphatic rings. The van der Waals surface area contributed by atoms with Gasteiger partial charge in [0.2, 0.25) is 0 Å². The third-order valence-electron chi connectivity index (χ3n) is 5.09. The zero-order chi connectivity index (χ0) is 24.5. The molecule has 0 aliphatic carbocycles. The lowest BCUT2D eigenvalue weighted by Crippen LogP contribution is -2.39. The highest BCUT2D eigenvalue weighted by atomic mass is 35.5. The number of aliphatic carboxylic acids is 2. The van der Waals surface area contributed by atoms with Crippen LogP contribution in [0.3, 0.4) is 0 Å². The third kappa shape index (κ3) is 7.12. The molecule has 3 aromatic rings. The number of carboxylic acid groups (broad SMARTS) is 2. The molecule has 0 spiro atoms. The Hall–Kier alpha value is -3.26. The van der Waals surface area contributed by atoms with Gasteiger partial charge in [0, 0.05) is 39.6 Å². The minimum atomic E-state index is -1.26. The summed E-state index contributed by atoms with van der Waals surface area (Å²) in [5, 5.41) is 19.9. The predicted octanol–water partition coefficient (Wildman–Crippen LogP) is 5.49. The van der Waals surface area contributed by atoms with Gasteiger partial charge in [-0.05, 0) is 49.4 Å². The molecule has 1 aliphatic heterocycles. The lowest BCUT2D eigenvalue weighted by atomic mass is 10.0. The van der Waals surface area contributed by atoms with Crippen molar-refractivity contribution >= 4 is 46.7 Å². The van der Waals surface area contributed by atoms with E-state index in [-0.39, 0.29) is 0 Å². The minimum Gasteiger partial charge on any atom is -0.478 e. The fourth-order valence-electron chi connectivity index (χ4n) is 3.52. The molecule has 34 heavy (non-hydrogen) atoms. The highest BCUT2D eigenvalue weighted by molar-refractivity contribution is 7.99. The normalized spacial score (nSPS) is 12.8. The number of benzene rings is 3. The van der Waals surface area contributed by atoms with Gasteiger partial charge in [-0.2, -0.15) is 0 Å². The predicted molar refractivity (Wildman–Crippen MR) is 136 cm³/mol. The van der Waals surface area contributed by atoms with E-state index in [1.54, 1.807) is 0 Å². The SMILES string of the molecule is CNC(Cc1ccccc1)CN1c2ccccc2Sc2ccc(Cl)cc21.O=C(O)/C=C/C(=O)O. The summed E-state index contributed by atoms with van der Waals surface area (Å²) in [5.41, 5.74) is 3.79. The van der Waals surface area contributed by atoms with E-state index in [4.69, 9.17) is 21.8 Å². The smallest absolute Gasteiger partial charge is 0.328 e. The summed E-state index contributed by atoms with van der Waals surface area (Å²) < 4.78 is 0. The van der Waals surface area contributed by atoms with Crippen molar-refractivity contribution in [1.29, 1.82) is 0 Å². The second kappa shape index (κ2) is 12.3. The summed E-state index contributed by atoms with van der Waals surface area (Å²) in [6, 6.07) is 25.7. The second-order valence-corrected chi connectivity index (χ2v) is 9.00. The number of anilines is 2. The van der Waals surface area contributed by atoms with Crippen LogP contribution in [0.2, 0.25) is 5.02 Å². The Morgan fingerprint density at radius 3 is 2.21 bits per heavy atom. The molecule has 0 fully saturated rings. The molecule has 0 saturated carbocycles. The molecular formula is C26H25ClN2O4S. The third-order valence-corrected chi connectivity index (χ3v) is 6.46. The highest BCUT2D eigenvalue weighted by Gasteiger charge is 2.25. The Labute approximate surface area is 207 Å². The zero-order valence-corrected chi connectivity index (χ0v) is 20.1. The monoisotopic (exact) mass is 496 g/mol. The van der Waals surface area contributed by atoms with Gasteiger partial charge in [-0.3, -0.25) is 0 Å². The van der Waals surface area contributed by atoms with Gasteiger partial charge in [-0.15, -0.1) is 0 Å². The Morgan fingerprint density at radius 2 is 1.56 bits per heavy atom. The van der Waals surface area contributed by atoms with Crippen LogP contribution in [0.15, 0.2) is 94.7 Å². The van der Waals surface area contributed by atoms with Gasteiger partial charge >= 0.3 is 11.9 Å². The van der Waals surface area contributed by atoms with Crippen molar-refractivity contribution in [2.45, 2.75) is 22.3 Å². The van der Waals surface area contributed by atoms with E-state index in [2.05, 4.69) is 76.9 Å². The van der Waals surface area contributed by atoms with Crippen LogP contribution in [-0.2, 0) is 16.0 Å². The number of nitrogens with one attached hydrogen (secondary N) is 1. The minimum absolute atomic E-state index is 0.334. The summed E-state index contributed by atoms with van der Waals surface area (Å²) in [5.74, 6) is -2.51. The van der Waals surface area contributed by atoms with Crippen molar-refractivity contribution in [3.63, 3.8) is 0 Å². The molecule has 0 bridgehead atoms. The molecule has 3 aromatic carbocycles. The number of carbonyl (C=O) groups is 2. The summed E-state index contributed by atoms with van der Waals surface area (Å²) in [4.78, 5) is 24.0. The molecule has 4 rings (SSSR count). The molecule has 1 unspecified atom stereocenters. The molecule has 0 amide bonds. The van der Waals surface area contributed by atoms with Gasteiger partial charge in [0.05, 0.1) is 11.4 Å². The first-order valence-electron chi connectivity index (χ1n) is 10.6. The van der Waals surface area contributed by atoms with Gasteiger partial charge in [0.15, 0.2) is 0 Å². The molecule has 1 heterocycles. The van der Waals surface area contributed by atoms with Crippen molar-refractivity contribution in [3.8, 4) is 0 Å². The van der Waals surface area contributed by atoms with Crippen LogP contribution in [0.5, 0.6) is 0 Å². The Balaban J connectivity index is 0.000000350. The van der Waals surface area contributed by atoms with E-state index in [1.165, 1.54) is 26.7 Å². The first-order valence-corrected chi connectivity index (χ1v) is 11.8. The van der Waals surface area contributed by atoms with Crippen molar-refractivity contribution < 1.29 is 19.8 Å². The van der Waals surface area contributed by atoms with E-state index in [0.29, 0.717) is 18.2 Å². The largest absolute Gasteiger partial charge is 0.478 e. The number of halogens is 1. The second-order valence-electron chi connectivity index (χ2n) is 7.48. The van der Waals surface area contributed by atoms with E-state index >= 15 is 0 Å². The van der Waals surface area contributed by atoms with Gasteiger partial charge in [0.25, 0.3) is 0 Å². The molecule has 176 valence electrons. The van der Waals surface area contributed by atoms with Crippen LogP contribution in [0.4, 0.5) is 11.4 Å². The Morgan fingerprint density at radius 1 is 0.941 bits per heavy atom. The van der Waals surface area contributed by atoms with Crippen LogP contribution < -0.4 is 10.2 Å². The fraction of sp³-hybridized carbons (Fsp3) is 0.154. The van der Waals surface area contributed by atoms with Crippen LogP contribution in [0, 0.1) is 0 Å². The summed E-state index contributed by atoms with van der Waals surface area (Å²) in [6.45, 7) is 0.885. The van der Waals surface area contributed by atoms with Crippen molar-refractivity contribution in [2.24, 2.45) is 0 Å². The topological polar surface area (TPSA) is 89.9 Å². The maximum atomic E-state index is 9.55. The standard InChI is InChI=1S/C22H21ClN2S.C4H4O4/c1-24-18(13-16-7-3-2-4-8-16)15-25-19-9-5-6-10-21(19)26-22-12-11-17(23)14-20(22)25;5-3(6)1-2-4(7)8/h2-12,14,18,24H,13,15H2,1H3;1-2H,(H,5,6)(H,7,8)/b;2-1+. The molecule has 8 heteroatoms. The van der Waals surface area contributed by atoms with Gasteiger partial charge in [-0.25, -0.2) is 9.59 Å². The maximum absolute atomic E-state index is 9.55. The van der Waals surface area contributed by atoms with E-state index in [9.17, 15) is 9.59 Å². The molecule has 6 nitrogen and oxygen atoms in total. The highest BCUT2D eigenvalue weighted by Crippen LogP contribution is 2.48. The Bertz CT molecular complexity index is 1150. The van der Waals surface area contributed by atoms with Gasteiger partial charge < -0.3 is 20.4 Å². The molecule has 0 saturated heterocycles. The van der Waals surface area contributed by atoms with E-state index < -0.39 is 11.9 Å². The summed E-state index contributed by atoms with van der Waals surface area (Å²) in [6.07, 6.45) is 2.10. The number of likely N-dealkylation sites (N-methyl/N-ethyl adjacent to an activating group) is 1. The molecular weight excluding hydrogens is 472 g/mol. The van der Waals surface area contributed by atoms with E-state index in [0.717, 1.165) is 18.0 Å². The van der Waals surface area contributed by atoms with Crippen molar-refractivity contribution in [3.05, 3.63) is 95.5 Å². The number of hydrogen-bond donors (Lipinski definition) is 3. The fourth-order valence-corrected chi connectivity index (χ4v) is 4.76. The van der Waals surface area contributed by atoms with Crippen LogP contribution in [-0.4, -0.2) is 41.8 Å². The first kappa shape index (κ1) is 25.4. The lowest BCUT2D eigenvalue weighted by Gasteiger charge is -2.35. The van der Waals surface area contributed by atoms with Gasteiger partial charge in [-0.1, -0.05) is 65.8 Å². The first-order chi connectivity index (χ1) is 16.4. The zero-order valence-electron chi connectivity index (χ0n) is 18.5. The summed E-state index contributed by atoms with van der Waals surface area (Å²) in [7, 11) is 2.04. The number of fused-ring (bicyclic) bond motifs is 2. The number of carboxylic acids is 2. The van der Waals surface area contributed by atoms with Crippen LogP contribution in [0.1, 0.15) is 5.56 Å². The van der Waals surface area contributed by atoms with Crippen LogP contribution in [0.25, 0.3) is 0 Å². The Kier molecular flexibility index (Phi) is 9.16. The molecule has 1 atom stereocenters. The van der Waals surface area contributed by atoms with E-state index in [1.807, 2.05) is 24.9 Å². The van der Waals surface area contributed by atoms with Gasteiger partial charge in [0.1, 0.15) is 0 Å². The average molecular weight is 497 g/mol. The quantitative estimate of drug-likeness (QED) is 0.373. The molecule has 0 radical (unpaired) electrons. The number of nitrogens with zero attached hydrogens (tertiary/aromatic N) is 1.